The Bertz CT molecular complexity index is 814. The predicted octanol–water partition coefficient (Wildman–Crippen LogP) is 5.20. The van der Waals surface area contributed by atoms with E-state index in [1.54, 1.807) is 11.3 Å². The molecule has 1 aliphatic rings. The summed E-state index contributed by atoms with van der Waals surface area (Å²) in [5.74, 6) is -0.763. The van der Waals surface area contributed by atoms with Crippen LogP contribution in [0.5, 0.6) is 0 Å². The van der Waals surface area contributed by atoms with Gasteiger partial charge in [0, 0.05) is 24.4 Å². The molecule has 3 N–H and O–H groups in total. The van der Waals surface area contributed by atoms with Crippen LogP contribution in [0, 0.1) is 0 Å². The summed E-state index contributed by atoms with van der Waals surface area (Å²) in [6.07, 6.45) is 5.81. The quantitative estimate of drug-likeness (QED) is 0.428. The van der Waals surface area contributed by atoms with Crippen LogP contribution in [0.1, 0.15) is 35.8 Å². The van der Waals surface area contributed by atoms with Gasteiger partial charge in [0.25, 0.3) is 0 Å². The molecule has 0 aliphatic heterocycles. The van der Waals surface area contributed by atoms with Crippen LogP contribution in [0.2, 0.25) is 0 Å². The van der Waals surface area contributed by atoms with Gasteiger partial charge >= 0.3 is 5.97 Å². The molecular weight excluding hydrogens is 368 g/mol. The van der Waals surface area contributed by atoms with Crippen molar-refractivity contribution in [2.75, 3.05) is 17.2 Å². The first-order chi connectivity index (χ1) is 12.4. The van der Waals surface area contributed by atoms with Crippen molar-refractivity contribution in [3.63, 3.8) is 0 Å². The first kappa shape index (κ1) is 18.8. The van der Waals surface area contributed by atoms with E-state index in [1.165, 1.54) is 16.0 Å². The molecule has 0 saturated heterocycles. The van der Waals surface area contributed by atoms with Crippen LogP contribution in [0.15, 0.2) is 35.7 Å². The number of anilines is 2. The molecule has 1 aromatic carbocycles. The lowest BCUT2D eigenvalue weighted by atomic mass is 9.92. The van der Waals surface area contributed by atoms with E-state index in [9.17, 15) is 4.79 Å². The third kappa shape index (κ3) is 4.80. The second-order valence-corrected chi connectivity index (χ2v) is 8.49. The maximum absolute atomic E-state index is 10.6. The predicted molar refractivity (Wildman–Crippen MR) is 110 cm³/mol. The normalized spacial score (nSPS) is 18.4. The minimum atomic E-state index is -0.763. The van der Waals surface area contributed by atoms with E-state index in [0.717, 1.165) is 24.3 Å². The van der Waals surface area contributed by atoms with Gasteiger partial charge in [-0.05, 0) is 54.5 Å². The van der Waals surface area contributed by atoms with Crippen LogP contribution in [0.4, 0.5) is 11.4 Å². The fourth-order valence-corrected chi connectivity index (χ4v) is 4.21. The van der Waals surface area contributed by atoms with E-state index in [2.05, 4.69) is 28.2 Å². The van der Waals surface area contributed by atoms with E-state index < -0.39 is 5.97 Å². The first-order valence-electron chi connectivity index (χ1n) is 8.70. The van der Waals surface area contributed by atoms with Crippen molar-refractivity contribution >= 4 is 46.4 Å². The van der Waals surface area contributed by atoms with E-state index in [4.69, 9.17) is 16.7 Å². The van der Waals surface area contributed by atoms with Gasteiger partial charge in [-0.2, -0.15) is 0 Å². The van der Waals surface area contributed by atoms with Crippen molar-refractivity contribution < 1.29 is 9.90 Å². The molecule has 6 heteroatoms. The van der Waals surface area contributed by atoms with Crippen molar-refractivity contribution in [1.29, 1.82) is 0 Å². The molecule has 0 amide bonds. The smallest absolute Gasteiger partial charge is 0.303 e. The van der Waals surface area contributed by atoms with Crippen molar-refractivity contribution in [2.24, 2.45) is 0 Å². The lowest BCUT2D eigenvalue weighted by molar-refractivity contribution is -0.137. The molecule has 3 rings (SSSR count). The van der Waals surface area contributed by atoms with Gasteiger partial charge in [0.05, 0.1) is 16.2 Å². The SMILES string of the molecule is CC1(Cl)C=Cc2scc(CNc3ccccc3NCCCC(=O)O)c2C1. The molecule has 0 fully saturated rings. The monoisotopic (exact) mass is 390 g/mol. The summed E-state index contributed by atoms with van der Waals surface area (Å²) < 4.78 is 0. The van der Waals surface area contributed by atoms with Crippen molar-refractivity contribution in [3.8, 4) is 0 Å². The zero-order valence-corrected chi connectivity index (χ0v) is 16.3. The Hall–Kier alpha value is -1.98. The number of benzene rings is 1. The van der Waals surface area contributed by atoms with Gasteiger partial charge in [-0.3, -0.25) is 4.79 Å². The maximum Gasteiger partial charge on any atom is 0.303 e. The molecule has 1 aliphatic carbocycles. The maximum atomic E-state index is 10.6. The second-order valence-electron chi connectivity index (χ2n) is 6.72. The minimum Gasteiger partial charge on any atom is -0.481 e. The number of carboxylic acid groups (broad SMARTS) is 1. The van der Waals surface area contributed by atoms with E-state index in [-0.39, 0.29) is 11.3 Å². The van der Waals surface area contributed by atoms with Gasteiger partial charge in [-0.1, -0.05) is 18.2 Å². The first-order valence-corrected chi connectivity index (χ1v) is 9.96. The van der Waals surface area contributed by atoms with Crippen LogP contribution >= 0.6 is 22.9 Å². The number of carboxylic acids is 1. The van der Waals surface area contributed by atoms with E-state index >= 15 is 0 Å². The van der Waals surface area contributed by atoms with Crippen LogP contribution in [0.25, 0.3) is 6.08 Å². The highest BCUT2D eigenvalue weighted by atomic mass is 35.5. The third-order valence-electron chi connectivity index (χ3n) is 4.40. The number of carbonyl (C=O) groups is 1. The van der Waals surface area contributed by atoms with Crippen molar-refractivity contribution in [3.05, 3.63) is 51.7 Å². The number of allylic oxidation sites excluding steroid dienone is 1. The Balaban J connectivity index is 1.63. The van der Waals surface area contributed by atoms with Gasteiger partial charge in [0.15, 0.2) is 0 Å². The Morgan fingerprint density at radius 1 is 1.31 bits per heavy atom. The molecule has 1 aromatic heterocycles. The Morgan fingerprint density at radius 2 is 2.04 bits per heavy atom. The summed E-state index contributed by atoms with van der Waals surface area (Å²) in [6.45, 7) is 3.41. The molecule has 138 valence electrons. The minimum absolute atomic E-state index is 0.175. The van der Waals surface area contributed by atoms with Gasteiger partial charge in [0.2, 0.25) is 0 Å². The number of halogens is 1. The summed E-state index contributed by atoms with van der Waals surface area (Å²) >= 11 is 8.26. The standard InChI is InChI=1S/C20H23ClN2O2S/c1-20(21)9-8-18-15(11-20)14(13-26-18)12-23-17-6-3-2-5-16(17)22-10-4-7-19(24)25/h2-3,5-6,8-9,13,22-23H,4,7,10-12H2,1H3,(H,24,25). The van der Waals surface area contributed by atoms with E-state index in [0.29, 0.717) is 13.0 Å². The van der Waals surface area contributed by atoms with Gasteiger partial charge in [-0.25, -0.2) is 0 Å². The number of hydrogen-bond donors (Lipinski definition) is 3. The Morgan fingerprint density at radius 3 is 2.77 bits per heavy atom. The Labute approximate surface area is 162 Å². The number of hydrogen-bond acceptors (Lipinski definition) is 4. The zero-order valence-electron chi connectivity index (χ0n) is 14.7. The Kier molecular flexibility index (Phi) is 5.89. The fourth-order valence-electron chi connectivity index (χ4n) is 3.02. The number of nitrogens with one attached hydrogen (secondary N) is 2. The molecule has 0 radical (unpaired) electrons. The molecule has 0 spiro atoms. The summed E-state index contributed by atoms with van der Waals surface area (Å²) in [4.78, 5) is 11.6. The lowest BCUT2D eigenvalue weighted by Gasteiger charge is -2.23. The molecule has 26 heavy (non-hydrogen) atoms. The number of para-hydroxylation sites is 2. The number of thiophene rings is 1. The molecule has 0 bridgehead atoms. The number of rotatable bonds is 8. The summed E-state index contributed by atoms with van der Waals surface area (Å²) in [5, 5.41) is 17.8. The molecule has 1 heterocycles. The molecule has 4 nitrogen and oxygen atoms in total. The van der Waals surface area contributed by atoms with Gasteiger partial charge < -0.3 is 15.7 Å². The second kappa shape index (κ2) is 8.14. The molecular formula is C20H23ClN2O2S. The average molecular weight is 391 g/mol. The van der Waals surface area contributed by atoms with Crippen LogP contribution < -0.4 is 10.6 Å². The third-order valence-corrected chi connectivity index (χ3v) is 5.70. The van der Waals surface area contributed by atoms with Crippen molar-refractivity contribution in [2.45, 2.75) is 37.6 Å². The number of alkyl halides is 1. The molecule has 2 aromatic rings. The van der Waals surface area contributed by atoms with Crippen LogP contribution in [-0.2, 0) is 17.8 Å². The van der Waals surface area contributed by atoms with Crippen LogP contribution in [0.3, 0.4) is 0 Å². The molecule has 0 saturated carbocycles. The average Bonchev–Trinajstić information content (AvgIpc) is 2.98. The topological polar surface area (TPSA) is 61.4 Å². The summed E-state index contributed by atoms with van der Waals surface area (Å²) in [5.41, 5.74) is 4.61. The molecule has 1 atom stereocenters. The summed E-state index contributed by atoms with van der Waals surface area (Å²) in [7, 11) is 0. The highest BCUT2D eigenvalue weighted by Crippen LogP contribution is 2.36. The van der Waals surface area contributed by atoms with Crippen LogP contribution in [-0.4, -0.2) is 22.5 Å². The van der Waals surface area contributed by atoms with Gasteiger partial charge in [0.1, 0.15) is 0 Å². The molecule has 1 unspecified atom stereocenters. The zero-order chi connectivity index (χ0) is 18.6. The number of fused-ring (bicyclic) bond motifs is 1. The van der Waals surface area contributed by atoms with E-state index in [1.807, 2.05) is 31.2 Å². The van der Waals surface area contributed by atoms with Crippen molar-refractivity contribution in [1.82, 2.24) is 0 Å². The number of aliphatic carboxylic acids is 1. The highest BCUT2D eigenvalue weighted by Gasteiger charge is 2.25. The largest absolute Gasteiger partial charge is 0.481 e. The highest BCUT2D eigenvalue weighted by molar-refractivity contribution is 7.11. The summed E-state index contributed by atoms with van der Waals surface area (Å²) in [6, 6.07) is 8.00. The fraction of sp³-hybridized carbons (Fsp3) is 0.350. The lowest BCUT2D eigenvalue weighted by Crippen LogP contribution is -2.20. The van der Waals surface area contributed by atoms with Gasteiger partial charge in [-0.15, -0.1) is 22.9 Å².